The zero-order chi connectivity index (χ0) is 17.7. The SMILES string of the molecule is CC(C)[C@H](NS(=O)(=O)c1ccccc1)C(=O)Nc1cccc(F)c1. The van der Waals surface area contributed by atoms with Crippen molar-refractivity contribution in [3.63, 3.8) is 0 Å². The molecule has 0 fully saturated rings. The lowest BCUT2D eigenvalue weighted by Crippen LogP contribution is -2.47. The van der Waals surface area contributed by atoms with Crippen molar-refractivity contribution in [1.29, 1.82) is 0 Å². The normalized spacial score (nSPS) is 12.8. The van der Waals surface area contributed by atoms with Crippen LogP contribution in [0.1, 0.15) is 13.8 Å². The smallest absolute Gasteiger partial charge is 0.242 e. The van der Waals surface area contributed by atoms with E-state index < -0.39 is 27.8 Å². The van der Waals surface area contributed by atoms with Crippen LogP contribution in [0.2, 0.25) is 0 Å². The highest BCUT2D eigenvalue weighted by Gasteiger charge is 2.28. The monoisotopic (exact) mass is 350 g/mol. The average molecular weight is 350 g/mol. The van der Waals surface area contributed by atoms with Crippen LogP contribution in [0.15, 0.2) is 59.5 Å². The molecule has 5 nitrogen and oxygen atoms in total. The van der Waals surface area contributed by atoms with Crippen LogP contribution in [0.25, 0.3) is 0 Å². The van der Waals surface area contributed by atoms with Crippen LogP contribution in [0.3, 0.4) is 0 Å². The second-order valence-corrected chi connectivity index (χ2v) is 7.37. The molecule has 0 spiro atoms. The van der Waals surface area contributed by atoms with E-state index in [9.17, 15) is 17.6 Å². The molecule has 0 aliphatic carbocycles. The third-order valence-corrected chi connectivity index (χ3v) is 4.83. The Morgan fingerprint density at radius 3 is 2.29 bits per heavy atom. The summed E-state index contributed by atoms with van der Waals surface area (Å²) in [5.41, 5.74) is 0.268. The number of hydrogen-bond acceptors (Lipinski definition) is 3. The van der Waals surface area contributed by atoms with Crippen molar-refractivity contribution in [2.75, 3.05) is 5.32 Å². The van der Waals surface area contributed by atoms with Gasteiger partial charge >= 0.3 is 0 Å². The van der Waals surface area contributed by atoms with Crippen molar-refractivity contribution in [1.82, 2.24) is 4.72 Å². The Bertz CT molecular complexity index is 808. The van der Waals surface area contributed by atoms with Crippen LogP contribution >= 0.6 is 0 Å². The van der Waals surface area contributed by atoms with Crippen molar-refractivity contribution in [3.8, 4) is 0 Å². The number of carbonyl (C=O) groups excluding carboxylic acids is 1. The van der Waals surface area contributed by atoms with Crippen LogP contribution in [-0.2, 0) is 14.8 Å². The van der Waals surface area contributed by atoms with Gasteiger partial charge in [0.15, 0.2) is 0 Å². The van der Waals surface area contributed by atoms with Crippen LogP contribution in [0.5, 0.6) is 0 Å². The minimum absolute atomic E-state index is 0.0780. The molecule has 1 amide bonds. The quantitative estimate of drug-likeness (QED) is 0.841. The number of benzene rings is 2. The fourth-order valence-electron chi connectivity index (χ4n) is 2.11. The highest BCUT2D eigenvalue weighted by Crippen LogP contribution is 2.14. The Balaban J connectivity index is 2.19. The summed E-state index contributed by atoms with van der Waals surface area (Å²) < 4.78 is 40.4. The van der Waals surface area contributed by atoms with Crippen molar-refractivity contribution in [2.45, 2.75) is 24.8 Å². The van der Waals surface area contributed by atoms with E-state index in [4.69, 9.17) is 0 Å². The van der Waals surface area contributed by atoms with Gasteiger partial charge in [0.2, 0.25) is 15.9 Å². The summed E-state index contributed by atoms with van der Waals surface area (Å²) >= 11 is 0. The van der Waals surface area contributed by atoms with E-state index >= 15 is 0 Å². The highest BCUT2D eigenvalue weighted by atomic mass is 32.2. The molecule has 128 valence electrons. The fraction of sp³-hybridized carbons (Fsp3) is 0.235. The van der Waals surface area contributed by atoms with Gasteiger partial charge in [0.1, 0.15) is 11.9 Å². The lowest BCUT2D eigenvalue weighted by Gasteiger charge is -2.21. The van der Waals surface area contributed by atoms with Crippen LogP contribution < -0.4 is 10.0 Å². The maximum Gasteiger partial charge on any atom is 0.242 e. The lowest BCUT2D eigenvalue weighted by atomic mass is 10.0. The number of nitrogens with one attached hydrogen (secondary N) is 2. The minimum atomic E-state index is -3.83. The van der Waals surface area contributed by atoms with Crippen molar-refractivity contribution in [3.05, 3.63) is 60.4 Å². The first-order valence-corrected chi connectivity index (χ1v) is 8.92. The van der Waals surface area contributed by atoms with E-state index in [-0.39, 0.29) is 16.5 Å². The summed E-state index contributed by atoms with van der Waals surface area (Å²) in [6.07, 6.45) is 0. The molecule has 0 aromatic heterocycles. The zero-order valence-corrected chi connectivity index (χ0v) is 14.2. The topological polar surface area (TPSA) is 75.3 Å². The third kappa shape index (κ3) is 4.62. The molecule has 24 heavy (non-hydrogen) atoms. The highest BCUT2D eigenvalue weighted by molar-refractivity contribution is 7.89. The molecule has 7 heteroatoms. The fourth-order valence-corrected chi connectivity index (χ4v) is 3.48. The van der Waals surface area contributed by atoms with Gasteiger partial charge in [-0.2, -0.15) is 4.72 Å². The van der Waals surface area contributed by atoms with Crippen molar-refractivity contribution >= 4 is 21.6 Å². The summed E-state index contributed by atoms with van der Waals surface area (Å²) in [5, 5.41) is 2.53. The molecule has 2 aromatic carbocycles. The van der Waals surface area contributed by atoms with Gasteiger partial charge in [0.05, 0.1) is 4.90 Å². The summed E-state index contributed by atoms with van der Waals surface area (Å²) in [6.45, 7) is 3.45. The number of halogens is 1. The number of anilines is 1. The molecule has 2 aromatic rings. The van der Waals surface area contributed by atoms with Crippen LogP contribution in [0, 0.1) is 11.7 Å². The zero-order valence-electron chi connectivity index (χ0n) is 13.4. The summed E-state index contributed by atoms with van der Waals surface area (Å²) in [6, 6.07) is 12.2. The maximum atomic E-state index is 13.2. The van der Waals surface area contributed by atoms with E-state index in [2.05, 4.69) is 10.0 Å². The number of rotatable bonds is 6. The molecule has 0 radical (unpaired) electrons. The molecule has 2 N–H and O–H groups in total. The summed E-state index contributed by atoms with van der Waals surface area (Å²) in [5.74, 6) is -1.33. The second kappa shape index (κ2) is 7.55. The number of amides is 1. The van der Waals surface area contributed by atoms with Gasteiger partial charge in [-0.1, -0.05) is 38.1 Å². The van der Waals surface area contributed by atoms with Crippen LogP contribution in [0.4, 0.5) is 10.1 Å². The number of carbonyl (C=O) groups is 1. The summed E-state index contributed by atoms with van der Waals surface area (Å²) in [4.78, 5) is 12.5. The molecule has 0 saturated heterocycles. The van der Waals surface area contributed by atoms with Gasteiger partial charge in [-0.3, -0.25) is 4.79 Å². The molecular weight excluding hydrogens is 331 g/mol. The van der Waals surface area contributed by atoms with Crippen molar-refractivity contribution in [2.24, 2.45) is 5.92 Å². The Kier molecular flexibility index (Phi) is 5.69. The first kappa shape index (κ1) is 18.1. The second-order valence-electron chi connectivity index (χ2n) is 5.66. The Labute approximate surface area is 141 Å². The van der Waals surface area contributed by atoms with E-state index in [1.54, 1.807) is 32.0 Å². The molecule has 0 saturated carbocycles. The van der Waals surface area contributed by atoms with E-state index in [0.29, 0.717) is 0 Å². The van der Waals surface area contributed by atoms with Gasteiger partial charge in [-0.15, -0.1) is 0 Å². The van der Waals surface area contributed by atoms with E-state index in [1.165, 1.54) is 36.4 Å². The third-order valence-electron chi connectivity index (χ3n) is 3.38. The molecule has 1 atom stereocenters. The van der Waals surface area contributed by atoms with Gasteiger partial charge in [-0.05, 0) is 36.2 Å². The van der Waals surface area contributed by atoms with Gasteiger partial charge in [-0.25, -0.2) is 12.8 Å². The molecule has 0 unspecified atom stereocenters. The van der Waals surface area contributed by atoms with Gasteiger partial charge in [0.25, 0.3) is 0 Å². The largest absolute Gasteiger partial charge is 0.325 e. The van der Waals surface area contributed by atoms with Gasteiger partial charge in [0, 0.05) is 5.69 Å². The predicted molar refractivity (Wildman–Crippen MR) is 90.4 cm³/mol. The average Bonchev–Trinajstić information content (AvgIpc) is 2.53. The number of hydrogen-bond donors (Lipinski definition) is 2. The Hall–Kier alpha value is -2.25. The molecule has 0 bridgehead atoms. The number of sulfonamides is 1. The maximum absolute atomic E-state index is 13.2. The first-order valence-electron chi connectivity index (χ1n) is 7.43. The molecular formula is C17H19FN2O3S. The lowest BCUT2D eigenvalue weighted by molar-refractivity contribution is -0.118. The van der Waals surface area contributed by atoms with E-state index in [1.807, 2.05) is 0 Å². The molecule has 0 aliphatic rings. The van der Waals surface area contributed by atoms with Crippen molar-refractivity contribution < 1.29 is 17.6 Å². The summed E-state index contributed by atoms with van der Waals surface area (Å²) in [7, 11) is -3.83. The molecule has 0 aliphatic heterocycles. The molecule has 0 heterocycles. The van der Waals surface area contributed by atoms with E-state index in [0.717, 1.165) is 0 Å². The van der Waals surface area contributed by atoms with Gasteiger partial charge < -0.3 is 5.32 Å². The first-order chi connectivity index (χ1) is 11.3. The predicted octanol–water partition coefficient (Wildman–Crippen LogP) is 2.77. The standard InChI is InChI=1S/C17H19FN2O3S/c1-12(2)16(17(21)19-14-8-6-7-13(18)11-14)20-24(22,23)15-9-4-3-5-10-15/h3-12,16,20H,1-2H3,(H,19,21)/t16-/m0/s1. The molecule has 2 rings (SSSR count). The Morgan fingerprint density at radius 1 is 1.04 bits per heavy atom. The minimum Gasteiger partial charge on any atom is -0.325 e. The Morgan fingerprint density at radius 2 is 1.71 bits per heavy atom. The van der Waals surface area contributed by atoms with Crippen LogP contribution in [-0.4, -0.2) is 20.4 Å².